The van der Waals surface area contributed by atoms with Gasteiger partial charge in [-0.3, -0.25) is 9.69 Å². The summed E-state index contributed by atoms with van der Waals surface area (Å²) in [6.07, 6.45) is 8.53. The second kappa shape index (κ2) is 6.78. The van der Waals surface area contributed by atoms with Gasteiger partial charge >= 0.3 is 0 Å². The van der Waals surface area contributed by atoms with Gasteiger partial charge in [0.25, 0.3) is 0 Å². The molecule has 1 amide bonds. The van der Waals surface area contributed by atoms with E-state index in [4.69, 9.17) is 0 Å². The number of hydrogen-bond donors (Lipinski definition) is 0. The van der Waals surface area contributed by atoms with Crippen LogP contribution >= 0.6 is 15.9 Å². The molecule has 1 heterocycles. The lowest BCUT2D eigenvalue weighted by Crippen LogP contribution is -2.56. The summed E-state index contributed by atoms with van der Waals surface area (Å²) in [5.41, 5.74) is 0.259. The van der Waals surface area contributed by atoms with Crippen molar-refractivity contribution in [1.29, 1.82) is 5.26 Å². The third-order valence-corrected chi connectivity index (χ3v) is 8.39. The van der Waals surface area contributed by atoms with E-state index in [0.717, 1.165) is 44.4 Å². The maximum Gasteiger partial charge on any atom is 0.223 e. The van der Waals surface area contributed by atoms with Crippen LogP contribution in [0.5, 0.6) is 0 Å². The van der Waals surface area contributed by atoms with Gasteiger partial charge < -0.3 is 4.90 Å². The third kappa shape index (κ3) is 3.44. The molecule has 1 saturated heterocycles. The monoisotopic (exact) mass is 421 g/mol. The molecule has 4 bridgehead atoms. The van der Waals surface area contributed by atoms with E-state index >= 15 is 0 Å². The van der Waals surface area contributed by atoms with Gasteiger partial charge in [0.05, 0.1) is 6.07 Å². The standard InChI is InChI=1S/C21H32BrN3O/c1-15(2)18(13-23)24-3-5-25(6-4-24)19(26)12-20-8-16-7-17(9-20)11-21(22,10-16)14-20/h15-18H,3-12,14H2,1-2H3. The van der Waals surface area contributed by atoms with Crippen molar-refractivity contribution in [2.24, 2.45) is 23.2 Å². The minimum absolute atomic E-state index is 0.0244. The lowest BCUT2D eigenvalue weighted by molar-refractivity contribution is -0.140. The maximum absolute atomic E-state index is 13.1. The van der Waals surface area contributed by atoms with Crippen molar-refractivity contribution < 1.29 is 4.79 Å². The summed E-state index contributed by atoms with van der Waals surface area (Å²) >= 11 is 4.06. The van der Waals surface area contributed by atoms with Crippen LogP contribution in [0, 0.1) is 34.5 Å². The highest BCUT2D eigenvalue weighted by Crippen LogP contribution is 2.65. The van der Waals surface area contributed by atoms with E-state index in [0.29, 0.717) is 16.1 Å². The third-order valence-electron chi connectivity index (χ3n) is 7.46. The second-order valence-corrected chi connectivity index (χ2v) is 11.7. The van der Waals surface area contributed by atoms with E-state index in [9.17, 15) is 10.1 Å². The van der Waals surface area contributed by atoms with Crippen molar-refractivity contribution in [3.05, 3.63) is 0 Å². The number of alkyl halides is 1. The van der Waals surface area contributed by atoms with Crippen LogP contribution in [0.25, 0.3) is 0 Å². The Hall–Kier alpha value is -0.600. The summed E-state index contributed by atoms with van der Waals surface area (Å²) < 4.78 is 0.327. The van der Waals surface area contributed by atoms with Gasteiger partial charge in [-0.1, -0.05) is 29.8 Å². The van der Waals surface area contributed by atoms with Crippen molar-refractivity contribution in [2.75, 3.05) is 26.2 Å². The van der Waals surface area contributed by atoms with Gasteiger partial charge in [-0.25, -0.2) is 0 Å². The van der Waals surface area contributed by atoms with E-state index in [1.165, 1.54) is 38.5 Å². The molecule has 0 aromatic carbocycles. The van der Waals surface area contributed by atoms with Crippen molar-refractivity contribution in [3.8, 4) is 6.07 Å². The Kier molecular flexibility index (Phi) is 4.89. The Morgan fingerprint density at radius 1 is 1.15 bits per heavy atom. The molecule has 3 unspecified atom stereocenters. The van der Waals surface area contributed by atoms with Crippen LogP contribution in [0.3, 0.4) is 0 Å². The second-order valence-electron chi connectivity index (χ2n) is 10.0. The number of carbonyl (C=O) groups excluding carboxylic acids is 1. The fraction of sp³-hybridized carbons (Fsp3) is 0.905. The van der Waals surface area contributed by atoms with Gasteiger partial charge in [-0.05, 0) is 61.7 Å². The van der Waals surface area contributed by atoms with Gasteiger partial charge in [-0.2, -0.15) is 5.26 Å². The largest absolute Gasteiger partial charge is 0.340 e. The van der Waals surface area contributed by atoms with Crippen LogP contribution in [-0.4, -0.2) is 52.3 Å². The molecule has 26 heavy (non-hydrogen) atoms. The van der Waals surface area contributed by atoms with Crippen molar-refractivity contribution in [3.63, 3.8) is 0 Å². The number of hydrogen-bond acceptors (Lipinski definition) is 3. The molecular formula is C21H32BrN3O. The quantitative estimate of drug-likeness (QED) is 0.648. The maximum atomic E-state index is 13.1. The zero-order chi connectivity index (χ0) is 18.5. The van der Waals surface area contributed by atoms with Crippen LogP contribution in [0.1, 0.15) is 58.8 Å². The summed E-state index contributed by atoms with van der Waals surface area (Å²) in [4.78, 5) is 17.4. The van der Waals surface area contributed by atoms with Gasteiger partial charge in [0.1, 0.15) is 6.04 Å². The first-order chi connectivity index (χ1) is 12.3. The normalized spacial score (nSPS) is 40.7. The lowest BCUT2D eigenvalue weighted by Gasteiger charge is -2.60. The summed E-state index contributed by atoms with van der Waals surface area (Å²) in [6, 6.07) is 2.42. The molecule has 5 aliphatic rings. The molecule has 4 saturated carbocycles. The number of rotatable bonds is 4. The average molecular weight is 422 g/mol. The molecule has 1 aliphatic heterocycles. The number of nitriles is 1. The lowest BCUT2D eigenvalue weighted by atomic mass is 9.48. The Bertz CT molecular complexity index is 591. The molecule has 4 aliphatic carbocycles. The number of nitrogens with zero attached hydrogens (tertiary/aromatic N) is 3. The van der Waals surface area contributed by atoms with Gasteiger partial charge in [-0.15, -0.1) is 0 Å². The summed E-state index contributed by atoms with van der Waals surface area (Å²) in [7, 11) is 0. The first kappa shape index (κ1) is 18.7. The Morgan fingerprint density at radius 2 is 1.77 bits per heavy atom. The molecule has 4 nitrogen and oxygen atoms in total. The number of piperazine rings is 1. The zero-order valence-corrected chi connectivity index (χ0v) is 17.8. The van der Waals surface area contributed by atoms with Crippen molar-refractivity contribution >= 4 is 21.8 Å². The molecule has 0 radical (unpaired) electrons. The average Bonchev–Trinajstić information content (AvgIpc) is 2.53. The minimum atomic E-state index is -0.0244. The highest BCUT2D eigenvalue weighted by molar-refractivity contribution is 9.10. The molecular weight excluding hydrogens is 390 g/mol. The van der Waals surface area contributed by atoms with Crippen molar-refractivity contribution in [1.82, 2.24) is 9.80 Å². The highest BCUT2D eigenvalue weighted by atomic mass is 79.9. The van der Waals surface area contributed by atoms with Gasteiger partial charge in [0.15, 0.2) is 0 Å². The Labute approximate surface area is 166 Å². The zero-order valence-electron chi connectivity index (χ0n) is 16.2. The van der Waals surface area contributed by atoms with Crippen LogP contribution in [0.4, 0.5) is 0 Å². The fourth-order valence-corrected chi connectivity index (χ4v) is 8.39. The Morgan fingerprint density at radius 3 is 2.27 bits per heavy atom. The van der Waals surface area contributed by atoms with E-state index in [1.54, 1.807) is 0 Å². The summed E-state index contributed by atoms with van der Waals surface area (Å²) in [6.45, 7) is 7.45. The highest BCUT2D eigenvalue weighted by Gasteiger charge is 2.57. The molecule has 3 atom stereocenters. The van der Waals surface area contributed by atoms with Crippen LogP contribution in [0.2, 0.25) is 0 Å². The van der Waals surface area contributed by atoms with Crippen LogP contribution in [0.15, 0.2) is 0 Å². The molecule has 5 heteroatoms. The first-order valence-electron chi connectivity index (χ1n) is 10.4. The fourth-order valence-electron chi connectivity index (χ4n) is 6.88. The smallest absolute Gasteiger partial charge is 0.223 e. The molecule has 0 spiro atoms. The topological polar surface area (TPSA) is 47.3 Å². The van der Waals surface area contributed by atoms with E-state index in [-0.39, 0.29) is 11.5 Å². The molecule has 0 aromatic heterocycles. The van der Waals surface area contributed by atoms with E-state index < -0.39 is 0 Å². The van der Waals surface area contributed by atoms with Crippen LogP contribution in [-0.2, 0) is 4.79 Å². The minimum Gasteiger partial charge on any atom is -0.340 e. The van der Waals surface area contributed by atoms with E-state index in [1.807, 2.05) is 0 Å². The summed E-state index contributed by atoms with van der Waals surface area (Å²) in [5.74, 6) is 2.37. The molecule has 0 N–H and O–H groups in total. The van der Waals surface area contributed by atoms with Gasteiger partial charge in [0.2, 0.25) is 5.91 Å². The summed E-state index contributed by atoms with van der Waals surface area (Å²) in [5, 5.41) is 9.41. The number of carbonyl (C=O) groups is 1. The first-order valence-corrected chi connectivity index (χ1v) is 11.2. The predicted molar refractivity (Wildman–Crippen MR) is 106 cm³/mol. The van der Waals surface area contributed by atoms with Crippen LogP contribution < -0.4 is 0 Å². The molecule has 144 valence electrons. The van der Waals surface area contributed by atoms with Crippen molar-refractivity contribution in [2.45, 2.75) is 69.2 Å². The Balaban J connectivity index is 1.36. The SMILES string of the molecule is CC(C)C(C#N)N1CCN(C(=O)CC23CC4CC(CC(Br)(C4)C2)C3)CC1. The number of halogens is 1. The molecule has 0 aromatic rings. The molecule has 5 fully saturated rings. The predicted octanol–water partition coefficient (Wildman–Crippen LogP) is 3.80. The van der Waals surface area contributed by atoms with Gasteiger partial charge in [0, 0.05) is 36.9 Å². The number of amides is 1. The molecule has 5 rings (SSSR count). The van der Waals surface area contributed by atoms with E-state index in [2.05, 4.69) is 45.6 Å².